The minimum Gasteiger partial charge on any atom is -0.508 e. The number of hydrogen-bond donors (Lipinski definition) is 10. The SMILES string of the molecule is NC(N)=NCCC[C@H]1NC(=O)[C@@H](Cc2ccc(O)cc2)NC(=O)CNC(=O)[C@@H](Cc2ccc3ccccc3c2)NC(=O)[C@@H](CCCN=C(N)N)NC1=O. The molecule has 1 aliphatic rings. The number of carbonyl (C=O) groups excluding carboxylic acids is 5. The molecule has 0 spiro atoms. The van der Waals surface area contributed by atoms with Crippen LogP contribution in [0.3, 0.4) is 0 Å². The predicted molar refractivity (Wildman–Crippen MR) is 200 cm³/mol. The topological polar surface area (TPSA) is 295 Å². The maximum atomic E-state index is 13.9. The van der Waals surface area contributed by atoms with Crippen LogP contribution < -0.4 is 49.5 Å². The fourth-order valence-electron chi connectivity index (χ4n) is 5.79. The maximum Gasteiger partial charge on any atom is 0.243 e. The Bertz CT molecular complexity index is 1820. The number of amides is 5. The van der Waals surface area contributed by atoms with Crippen LogP contribution in [-0.2, 0) is 36.8 Å². The van der Waals surface area contributed by atoms with E-state index in [9.17, 15) is 29.1 Å². The van der Waals surface area contributed by atoms with Crippen molar-refractivity contribution in [2.24, 2.45) is 32.9 Å². The normalized spacial score (nSPS) is 20.0. The van der Waals surface area contributed by atoms with Crippen LogP contribution in [0.4, 0.5) is 0 Å². The molecule has 0 saturated carbocycles. The largest absolute Gasteiger partial charge is 0.508 e. The molecule has 17 nitrogen and oxygen atoms in total. The predicted octanol–water partition coefficient (Wildman–Crippen LogP) is -1.49. The van der Waals surface area contributed by atoms with Crippen LogP contribution in [0.1, 0.15) is 36.8 Å². The first-order chi connectivity index (χ1) is 25.4. The van der Waals surface area contributed by atoms with Gasteiger partial charge in [-0.1, -0.05) is 54.6 Å². The molecule has 0 unspecified atom stereocenters. The second kappa shape index (κ2) is 19.3. The highest BCUT2D eigenvalue weighted by atomic mass is 16.3. The number of benzene rings is 3. The minimum atomic E-state index is -1.19. The molecule has 0 bridgehead atoms. The van der Waals surface area contributed by atoms with Crippen molar-refractivity contribution in [2.75, 3.05) is 19.6 Å². The molecule has 4 atom stereocenters. The van der Waals surface area contributed by atoms with Crippen LogP contribution in [0.25, 0.3) is 10.8 Å². The molecule has 5 amide bonds. The van der Waals surface area contributed by atoms with E-state index in [0.29, 0.717) is 5.56 Å². The summed E-state index contributed by atoms with van der Waals surface area (Å²) in [7, 11) is 0. The first-order valence-electron chi connectivity index (χ1n) is 17.2. The van der Waals surface area contributed by atoms with E-state index in [1.807, 2.05) is 42.5 Å². The molecule has 4 rings (SSSR count). The number of nitrogens with two attached hydrogens (primary N) is 4. The van der Waals surface area contributed by atoms with Gasteiger partial charge in [0.2, 0.25) is 29.5 Å². The molecule has 1 aliphatic heterocycles. The molecule has 53 heavy (non-hydrogen) atoms. The standard InChI is InChI=1S/C36H47N11O6/c37-35(38)41-15-3-7-26-32(51)45-27(8-4-16-42-36(39)40)33(52)47-28(19-22-9-12-23-5-1-2-6-24(23)17-22)31(50)43-20-30(49)44-29(34(53)46-26)18-21-10-13-25(48)14-11-21/h1-2,5-6,9-14,17,26-29,48H,3-4,7-8,15-16,18-20H2,(H,43,50)(H,44,49)(H,45,51)(H,46,53)(H,47,52)(H4,37,38,41)(H4,39,40,42)/t26-,27-,28-,29-/m1/s1. The lowest BCUT2D eigenvalue weighted by Gasteiger charge is -2.26. The van der Waals surface area contributed by atoms with Gasteiger partial charge in [-0.05, 0) is 59.7 Å². The van der Waals surface area contributed by atoms with Crippen molar-refractivity contribution in [2.45, 2.75) is 62.7 Å². The Kier molecular flexibility index (Phi) is 14.3. The van der Waals surface area contributed by atoms with Crippen molar-refractivity contribution in [3.8, 4) is 5.75 Å². The molecule has 17 heteroatoms. The van der Waals surface area contributed by atoms with Crippen molar-refractivity contribution in [1.29, 1.82) is 0 Å². The molecule has 0 aliphatic carbocycles. The number of nitrogens with zero attached hydrogens (tertiary/aromatic N) is 2. The van der Waals surface area contributed by atoms with E-state index in [-0.39, 0.29) is 69.3 Å². The summed E-state index contributed by atoms with van der Waals surface area (Å²) in [5.74, 6) is -3.66. The number of phenols is 1. The number of aromatic hydroxyl groups is 1. The molecule has 1 fully saturated rings. The van der Waals surface area contributed by atoms with Crippen LogP contribution in [0.15, 0.2) is 76.7 Å². The summed E-state index contributed by atoms with van der Waals surface area (Å²) in [5, 5.41) is 25.1. The number of carbonyl (C=O) groups is 5. The zero-order valence-electron chi connectivity index (χ0n) is 29.2. The molecule has 3 aromatic rings. The Morgan fingerprint density at radius 3 is 1.68 bits per heavy atom. The van der Waals surface area contributed by atoms with Crippen LogP contribution in [0.5, 0.6) is 5.75 Å². The minimum absolute atomic E-state index is 0.00775. The van der Waals surface area contributed by atoms with Crippen molar-refractivity contribution < 1.29 is 29.1 Å². The Morgan fingerprint density at radius 2 is 1.09 bits per heavy atom. The van der Waals surface area contributed by atoms with Gasteiger partial charge >= 0.3 is 0 Å². The second-order valence-electron chi connectivity index (χ2n) is 12.7. The lowest BCUT2D eigenvalue weighted by molar-refractivity contribution is -0.134. The van der Waals surface area contributed by atoms with E-state index in [0.717, 1.165) is 16.3 Å². The Hall–Kier alpha value is -6.39. The molecule has 0 radical (unpaired) electrons. The average Bonchev–Trinajstić information content (AvgIpc) is 3.12. The number of nitrogens with one attached hydrogen (secondary N) is 5. The van der Waals surface area contributed by atoms with E-state index in [1.54, 1.807) is 12.1 Å². The monoisotopic (exact) mass is 729 g/mol. The lowest BCUT2D eigenvalue weighted by atomic mass is 10.0. The Labute approximate surface area is 306 Å². The van der Waals surface area contributed by atoms with Gasteiger partial charge in [-0.25, -0.2) is 0 Å². The van der Waals surface area contributed by atoms with Crippen molar-refractivity contribution >= 4 is 52.2 Å². The zero-order chi connectivity index (χ0) is 38.3. The number of rotatable bonds is 12. The van der Waals surface area contributed by atoms with Crippen LogP contribution in [0.2, 0.25) is 0 Å². The van der Waals surface area contributed by atoms with Gasteiger partial charge in [0.1, 0.15) is 29.9 Å². The first kappa shape index (κ1) is 39.4. The maximum absolute atomic E-state index is 13.9. The van der Waals surface area contributed by atoms with Gasteiger partial charge in [0.05, 0.1) is 6.54 Å². The number of phenolic OH excluding ortho intramolecular Hbond substituents is 1. The highest BCUT2D eigenvalue weighted by molar-refractivity contribution is 5.97. The summed E-state index contributed by atoms with van der Waals surface area (Å²) < 4.78 is 0. The van der Waals surface area contributed by atoms with Crippen molar-refractivity contribution in [3.63, 3.8) is 0 Å². The zero-order valence-corrected chi connectivity index (χ0v) is 29.2. The van der Waals surface area contributed by atoms with Gasteiger partial charge in [0, 0.05) is 25.9 Å². The highest BCUT2D eigenvalue weighted by Gasteiger charge is 2.32. The van der Waals surface area contributed by atoms with Crippen molar-refractivity contribution in [3.05, 3.63) is 77.9 Å². The quantitative estimate of drug-likeness (QED) is 0.0585. The number of hydrogen-bond acceptors (Lipinski definition) is 8. The summed E-state index contributed by atoms with van der Waals surface area (Å²) in [4.78, 5) is 76.4. The summed E-state index contributed by atoms with van der Waals surface area (Å²) >= 11 is 0. The molecule has 0 aromatic heterocycles. The van der Waals surface area contributed by atoms with E-state index in [4.69, 9.17) is 22.9 Å². The number of aliphatic imine (C=N–C) groups is 2. The van der Waals surface area contributed by atoms with Crippen LogP contribution in [0, 0.1) is 0 Å². The lowest BCUT2D eigenvalue weighted by Crippen LogP contribution is -2.58. The fraction of sp³-hybridized carbons (Fsp3) is 0.361. The third-order valence-corrected chi connectivity index (χ3v) is 8.49. The van der Waals surface area contributed by atoms with Gasteiger partial charge in [-0.2, -0.15) is 0 Å². The number of guanidine groups is 2. The molecule has 1 heterocycles. The van der Waals surface area contributed by atoms with Crippen LogP contribution >= 0.6 is 0 Å². The smallest absolute Gasteiger partial charge is 0.243 e. The molecule has 1 saturated heterocycles. The summed E-state index contributed by atoms with van der Waals surface area (Å²) in [5.41, 5.74) is 23.2. The Morgan fingerprint density at radius 1 is 0.604 bits per heavy atom. The highest BCUT2D eigenvalue weighted by Crippen LogP contribution is 2.17. The third-order valence-electron chi connectivity index (χ3n) is 8.49. The third kappa shape index (κ3) is 12.7. The Balaban J connectivity index is 1.68. The van der Waals surface area contributed by atoms with Gasteiger partial charge in [0.25, 0.3) is 0 Å². The summed E-state index contributed by atoms with van der Waals surface area (Å²) in [6, 6.07) is 14.7. The molecule has 14 N–H and O–H groups in total. The van der Waals surface area contributed by atoms with Gasteiger partial charge in [-0.15, -0.1) is 0 Å². The molecular weight excluding hydrogens is 682 g/mol. The van der Waals surface area contributed by atoms with E-state index in [1.165, 1.54) is 12.1 Å². The van der Waals surface area contributed by atoms with Crippen molar-refractivity contribution in [1.82, 2.24) is 26.6 Å². The summed E-state index contributed by atoms with van der Waals surface area (Å²) in [6.07, 6.45) is 0.769. The molecular formula is C36H47N11O6. The molecule has 3 aromatic carbocycles. The van der Waals surface area contributed by atoms with E-state index >= 15 is 0 Å². The van der Waals surface area contributed by atoms with Gasteiger partial charge < -0.3 is 54.6 Å². The first-order valence-corrected chi connectivity index (χ1v) is 17.2. The summed E-state index contributed by atoms with van der Waals surface area (Å²) in [6.45, 7) is -0.194. The van der Waals surface area contributed by atoms with E-state index in [2.05, 4.69) is 36.6 Å². The van der Waals surface area contributed by atoms with Gasteiger partial charge in [0.15, 0.2) is 11.9 Å². The van der Waals surface area contributed by atoms with E-state index < -0.39 is 60.2 Å². The second-order valence-corrected chi connectivity index (χ2v) is 12.7. The number of fused-ring (bicyclic) bond motifs is 1. The van der Waals surface area contributed by atoms with Gasteiger partial charge in [-0.3, -0.25) is 34.0 Å². The average molecular weight is 730 g/mol. The molecule has 282 valence electrons. The fourth-order valence-corrected chi connectivity index (χ4v) is 5.79. The van der Waals surface area contributed by atoms with Crippen LogP contribution in [-0.4, -0.2) is 90.4 Å².